The highest BCUT2D eigenvalue weighted by Gasteiger charge is 2.20. The zero-order valence-corrected chi connectivity index (χ0v) is 14.4. The summed E-state index contributed by atoms with van der Waals surface area (Å²) in [4.78, 5) is 22.7. The average molecular weight is 346 g/mol. The maximum absolute atomic E-state index is 12.2. The van der Waals surface area contributed by atoms with Gasteiger partial charge in [0, 0.05) is 24.2 Å². The van der Waals surface area contributed by atoms with Crippen molar-refractivity contribution < 1.29 is 14.5 Å². The molecule has 0 saturated heterocycles. The minimum absolute atomic E-state index is 0. The predicted molar refractivity (Wildman–Crippen MR) is 91.3 cm³/mol. The summed E-state index contributed by atoms with van der Waals surface area (Å²) in [5.41, 5.74) is 5.65. The van der Waals surface area contributed by atoms with E-state index < -0.39 is 4.92 Å². The topological polar surface area (TPSA) is 107 Å². The van der Waals surface area contributed by atoms with Crippen LogP contribution < -0.4 is 15.8 Å². The molecule has 3 N–H and O–H groups in total. The standard InChI is InChI=1S/C15H23N3O4.ClH/c1-4-22-14-6-5-11(8-13(14)18(20)21)15(19)17-12(9-16)7-10(2)3;/h5-6,8,10,12H,4,7,9,16H2,1-3H3,(H,17,19);1H. The van der Waals surface area contributed by atoms with Crippen LogP contribution in [0.1, 0.15) is 37.6 Å². The van der Waals surface area contributed by atoms with Crippen molar-refractivity contribution in [3.63, 3.8) is 0 Å². The number of nitrogens with one attached hydrogen (secondary N) is 1. The highest BCUT2D eigenvalue weighted by atomic mass is 35.5. The number of carbonyl (C=O) groups is 1. The molecule has 8 heteroatoms. The lowest BCUT2D eigenvalue weighted by atomic mass is 10.0. The van der Waals surface area contributed by atoms with Crippen LogP contribution in [0.4, 0.5) is 5.69 Å². The molecule has 0 bridgehead atoms. The molecule has 0 saturated carbocycles. The van der Waals surface area contributed by atoms with Gasteiger partial charge >= 0.3 is 5.69 Å². The van der Waals surface area contributed by atoms with Crippen LogP contribution >= 0.6 is 12.4 Å². The van der Waals surface area contributed by atoms with Crippen LogP contribution in [-0.4, -0.2) is 30.0 Å². The number of carbonyl (C=O) groups excluding carboxylic acids is 1. The van der Waals surface area contributed by atoms with E-state index in [4.69, 9.17) is 10.5 Å². The van der Waals surface area contributed by atoms with Gasteiger partial charge in [0.1, 0.15) is 0 Å². The molecule has 0 aromatic heterocycles. The minimum Gasteiger partial charge on any atom is -0.487 e. The normalized spacial score (nSPS) is 11.5. The third-order valence-electron chi connectivity index (χ3n) is 3.09. The number of rotatable bonds is 8. The smallest absolute Gasteiger partial charge is 0.311 e. The molecule has 0 aliphatic heterocycles. The monoisotopic (exact) mass is 345 g/mol. The first kappa shape index (κ1) is 21.1. The molecule has 1 atom stereocenters. The highest BCUT2D eigenvalue weighted by molar-refractivity contribution is 5.95. The summed E-state index contributed by atoms with van der Waals surface area (Å²) >= 11 is 0. The van der Waals surface area contributed by atoms with Crippen molar-refractivity contribution in [2.75, 3.05) is 13.2 Å². The number of halogens is 1. The number of benzene rings is 1. The lowest BCUT2D eigenvalue weighted by Gasteiger charge is -2.18. The van der Waals surface area contributed by atoms with Crippen molar-refractivity contribution in [3.8, 4) is 5.75 Å². The Morgan fingerprint density at radius 2 is 2.09 bits per heavy atom. The van der Waals surface area contributed by atoms with Crippen LogP contribution in [0.3, 0.4) is 0 Å². The fraction of sp³-hybridized carbons (Fsp3) is 0.533. The number of hydrogen-bond acceptors (Lipinski definition) is 5. The minimum atomic E-state index is -0.559. The Labute approximate surface area is 142 Å². The van der Waals surface area contributed by atoms with Gasteiger partial charge in [-0.05, 0) is 31.4 Å². The van der Waals surface area contributed by atoms with Crippen molar-refractivity contribution in [1.82, 2.24) is 5.32 Å². The number of nitrogens with zero attached hydrogens (tertiary/aromatic N) is 1. The second-order valence-corrected chi connectivity index (χ2v) is 5.41. The van der Waals surface area contributed by atoms with Gasteiger partial charge in [-0.3, -0.25) is 14.9 Å². The fourth-order valence-electron chi connectivity index (χ4n) is 2.13. The van der Waals surface area contributed by atoms with E-state index in [0.717, 1.165) is 6.42 Å². The summed E-state index contributed by atoms with van der Waals surface area (Å²) in [7, 11) is 0. The summed E-state index contributed by atoms with van der Waals surface area (Å²) in [5.74, 6) is 0.173. The molecule has 7 nitrogen and oxygen atoms in total. The van der Waals surface area contributed by atoms with Crippen molar-refractivity contribution in [2.45, 2.75) is 33.2 Å². The molecule has 0 radical (unpaired) electrons. The SMILES string of the molecule is CCOc1ccc(C(=O)NC(CN)CC(C)C)cc1[N+](=O)[O-].Cl. The lowest BCUT2D eigenvalue weighted by Crippen LogP contribution is -2.41. The lowest BCUT2D eigenvalue weighted by molar-refractivity contribution is -0.385. The Kier molecular flexibility index (Phi) is 9.21. The van der Waals surface area contributed by atoms with Gasteiger partial charge in [0.25, 0.3) is 5.91 Å². The molecule has 1 amide bonds. The maximum Gasteiger partial charge on any atom is 0.311 e. The van der Waals surface area contributed by atoms with E-state index in [2.05, 4.69) is 5.32 Å². The van der Waals surface area contributed by atoms with Gasteiger partial charge in [0.15, 0.2) is 5.75 Å². The van der Waals surface area contributed by atoms with Gasteiger partial charge in [-0.2, -0.15) is 0 Å². The molecule has 1 aromatic rings. The number of amides is 1. The molecule has 23 heavy (non-hydrogen) atoms. The van der Waals surface area contributed by atoms with E-state index in [1.165, 1.54) is 18.2 Å². The Morgan fingerprint density at radius 1 is 1.43 bits per heavy atom. The average Bonchev–Trinajstić information content (AvgIpc) is 2.46. The Bertz CT molecular complexity index is 537. The van der Waals surface area contributed by atoms with Crippen molar-refractivity contribution >= 4 is 24.0 Å². The molecular formula is C15H24ClN3O4. The molecule has 1 aromatic carbocycles. The van der Waals surface area contributed by atoms with E-state index in [1.54, 1.807) is 6.92 Å². The number of ether oxygens (including phenoxy) is 1. The molecule has 0 heterocycles. The van der Waals surface area contributed by atoms with E-state index >= 15 is 0 Å². The van der Waals surface area contributed by atoms with Crippen LogP contribution in [-0.2, 0) is 0 Å². The van der Waals surface area contributed by atoms with E-state index in [9.17, 15) is 14.9 Å². The first-order chi connectivity index (χ1) is 10.4. The summed E-state index contributed by atoms with van der Waals surface area (Å²) in [5, 5.41) is 13.9. The van der Waals surface area contributed by atoms with Crippen LogP contribution in [0.2, 0.25) is 0 Å². The van der Waals surface area contributed by atoms with Gasteiger partial charge < -0.3 is 15.8 Å². The van der Waals surface area contributed by atoms with Gasteiger partial charge in [-0.25, -0.2) is 0 Å². The molecule has 0 aliphatic carbocycles. The molecule has 0 aliphatic rings. The van der Waals surface area contributed by atoms with Crippen molar-refractivity contribution in [3.05, 3.63) is 33.9 Å². The molecule has 1 rings (SSSR count). The summed E-state index contributed by atoms with van der Waals surface area (Å²) < 4.78 is 5.19. The molecule has 1 unspecified atom stereocenters. The first-order valence-electron chi connectivity index (χ1n) is 7.31. The summed E-state index contributed by atoms with van der Waals surface area (Å²) in [6.07, 6.45) is 0.751. The summed E-state index contributed by atoms with van der Waals surface area (Å²) in [6, 6.07) is 4.02. The molecule has 130 valence electrons. The van der Waals surface area contributed by atoms with Crippen molar-refractivity contribution in [1.29, 1.82) is 0 Å². The van der Waals surface area contributed by atoms with E-state index in [0.29, 0.717) is 19.1 Å². The van der Waals surface area contributed by atoms with Crippen LogP contribution in [0.5, 0.6) is 5.75 Å². The fourth-order valence-corrected chi connectivity index (χ4v) is 2.13. The molecule has 0 spiro atoms. The van der Waals surface area contributed by atoms with E-state index in [1.807, 2.05) is 13.8 Å². The van der Waals surface area contributed by atoms with Crippen LogP contribution in [0.15, 0.2) is 18.2 Å². The van der Waals surface area contributed by atoms with Gasteiger partial charge in [-0.1, -0.05) is 13.8 Å². The molecule has 0 fully saturated rings. The largest absolute Gasteiger partial charge is 0.487 e. The zero-order chi connectivity index (χ0) is 16.7. The number of nitro benzene ring substituents is 1. The number of nitrogens with two attached hydrogens (primary N) is 1. The van der Waals surface area contributed by atoms with Crippen LogP contribution in [0.25, 0.3) is 0 Å². The first-order valence-corrected chi connectivity index (χ1v) is 7.31. The molecular weight excluding hydrogens is 322 g/mol. The quantitative estimate of drug-likeness (QED) is 0.556. The Balaban J connectivity index is 0.00000484. The van der Waals surface area contributed by atoms with E-state index in [-0.39, 0.29) is 41.4 Å². The number of nitro groups is 1. The van der Waals surface area contributed by atoms with Gasteiger partial charge in [0.2, 0.25) is 0 Å². The highest BCUT2D eigenvalue weighted by Crippen LogP contribution is 2.28. The number of hydrogen-bond donors (Lipinski definition) is 2. The second kappa shape index (κ2) is 10.0. The Hall–Kier alpha value is -1.86. The zero-order valence-electron chi connectivity index (χ0n) is 13.6. The Morgan fingerprint density at radius 3 is 2.57 bits per heavy atom. The van der Waals surface area contributed by atoms with Crippen molar-refractivity contribution in [2.24, 2.45) is 11.7 Å². The van der Waals surface area contributed by atoms with Gasteiger partial charge in [0.05, 0.1) is 11.5 Å². The van der Waals surface area contributed by atoms with Crippen LogP contribution in [0, 0.1) is 16.0 Å². The maximum atomic E-state index is 12.2. The third-order valence-corrected chi connectivity index (χ3v) is 3.09. The third kappa shape index (κ3) is 6.42. The second-order valence-electron chi connectivity index (χ2n) is 5.41. The predicted octanol–water partition coefficient (Wildman–Crippen LogP) is 2.52. The van der Waals surface area contributed by atoms with Gasteiger partial charge in [-0.15, -0.1) is 12.4 Å². The summed E-state index contributed by atoms with van der Waals surface area (Å²) in [6.45, 7) is 6.45.